The Morgan fingerprint density at radius 2 is 1.75 bits per heavy atom. The Kier molecular flexibility index (Phi) is 4.42. The molecule has 0 aromatic heterocycles. The fourth-order valence-electron chi connectivity index (χ4n) is 1.35. The molecular weight excluding hydrogens is 218 g/mol. The molecule has 0 saturated heterocycles. The predicted molar refractivity (Wildman–Crippen MR) is 70.4 cm³/mol. The molecule has 0 amide bonds. The van der Waals surface area contributed by atoms with Crippen molar-refractivity contribution in [3.63, 3.8) is 0 Å². The summed E-state index contributed by atoms with van der Waals surface area (Å²) < 4.78 is 1.86. The van der Waals surface area contributed by atoms with E-state index in [9.17, 15) is 0 Å². The zero-order valence-electron chi connectivity index (χ0n) is 10.7. The Morgan fingerprint density at radius 3 is 2.12 bits per heavy atom. The molecule has 1 aromatic rings. The second-order valence-electron chi connectivity index (χ2n) is 4.58. The fraction of sp³-hybridized carbons (Fsp3) is 0.462. The average molecular weight is 238 g/mol. The van der Waals surface area contributed by atoms with Crippen LogP contribution in [0.5, 0.6) is 0 Å². The lowest BCUT2D eigenvalue weighted by atomic mass is 10.1. The first kappa shape index (κ1) is 13.1. The minimum atomic E-state index is -0.0348. The second kappa shape index (κ2) is 5.39. The highest BCUT2D eigenvalue weighted by Crippen LogP contribution is 2.14. The van der Waals surface area contributed by atoms with Gasteiger partial charge in [-0.1, -0.05) is 0 Å². The van der Waals surface area contributed by atoms with Crippen molar-refractivity contribution >= 4 is 18.0 Å². The van der Waals surface area contributed by atoms with Gasteiger partial charge in [0.2, 0.25) is 11.8 Å². The van der Waals surface area contributed by atoms with Crippen molar-refractivity contribution in [1.82, 2.24) is 0 Å². The second-order valence-corrected chi connectivity index (χ2v) is 5.46. The molecule has 0 atom stereocenters. The zero-order valence-corrected chi connectivity index (χ0v) is 11.5. The van der Waals surface area contributed by atoms with Crippen molar-refractivity contribution in [3.05, 3.63) is 29.8 Å². The molecule has 0 heterocycles. The van der Waals surface area contributed by atoms with E-state index in [0.29, 0.717) is 0 Å². The molecule has 88 valence electrons. The molecule has 0 radical (unpaired) electrons. The Bertz CT molecular complexity index is 363. The Balaban J connectivity index is 2.96. The van der Waals surface area contributed by atoms with E-state index in [1.807, 2.05) is 11.0 Å². The quantitative estimate of drug-likeness (QED) is 0.347. The number of benzene rings is 1. The van der Waals surface area contributed by atoms with Crippen molar-refractivity contribution in [3.8, 4) is 0 Å². The minimum absolute atomic E-state index is 0.0348. The smallest absolute Gasteiger partial charge is 0.223 e. The molecule has 0 aliphatic heterocycles. The van der Waals surface area contributed by atoms with Gasteiger partial charge < -0.3 is 0 Å². The van der Waals surface area contributed by atoms with Gasteiger partial charge in [0, 0.05) is 31.2 Å². The van der Waals surface area contributed by atoms with Crippen LogP contribution < -0.4 is 0 Å². The molecule has 0 aliphatic carbocycles. The summed E-state index contributed by atoms with van der Waals surface area (Å²) >= 11 is 1.75. The summed E-state index contributed by atoms with van der Waals surface area (Å²) in [6.45, 7) is 6.34. The van der Waals surface area contributed by atoms with Crippen LogP contribution in [0.4, 0.5) is 0 Å². The molecule has 2 nitrogen and oxygen atoms in total. The van der Waals surface area contributed by atoms with E-state index < -0.39 is 0 Å². The van der Waals surface area contributed by atoms with Gasteiger partial charge in [-0.15, -0.1) is 11.8 Å². The van der Waals surface area contributed by atoms with Crippen molar-refractivity contribution in [2.24, 2.45) is 0 Å². The molecule has 0 saturated carbocycles. The van der Waals surface area contributed by atoms with E-state index in [-0.39, 0.29) is 5.54 Å². The monoisotopic (exact) mass is 238 g/mol. The summed E-state index contributed by atoms with van der Waals surface area (Å²) in [7, 11) is 1.69. The van der Waals surface area contributed by atoms with E-state index in [0.717, 1.165) is 5.56 Å². The van der Waals surface area contributed by atoms with E-state index in [2.05, 4.69) is 51.3 Å². The summed E-state index contributed by atoms with van der Waals surface area (Å²) in [5, 5.41) is 0. The summed E-state index contributed by atoms with van der Waals surface area (Å²) in [5.74, 6) is 0. The standard InChI is InChI=1S/C13H20NOS/c1-13(2,3)14(15-4)10-11-6-8-12(16-5)9-7-11/h6-10H,1-5H3/q+1/b14-10-. The highest BCUT2D eigenvalue weighted by Gasteiger charge is 2.25. The van der Waals surface area contributed by atoms with Crippen LogP contribution in [0.1, 0.15) is 26.3 Å². The molecule has 1 rings (SSSR count). The molecule has 0 bridgehead atoms. The minimum Gasteiger partial charge on any atom is -0.280 e. The zero-order chi connectivity index (χ0) is 12.2. The summed E-state index contributed by atoms with van der Waals surface area (Å²) in [4.78, 5) is 6.62. The average Bonchev–Trinajstić information content (AvgIpc) is 2.25. The van der Waals surface area contributed by atoms with Crippen molar-refractivity contribution < 1.29 is 9.58 Å². The van der Waals surface area contributed by atoms with Crippen LogP contribution in [0.2, 0.25) is 0 Å². The van der Waals surface area contributed by atoms with Crippen molar-refractivity contribution in [1.29, 1.82) is 0 Å². The maximum Gasteiger partial charge on any atom is 0.223 e. The fourth-order valence-corrected chi connectivity index (χ4v) is 1.75. The Morgan fingerprint density at radius 1 is 1.19 bits per heavy atom. The molecule has 16 heavy (non-hydrogen) atoms. The van der Waals surface area contributed by atoms with Gasteiger partial charge in [-0.05, 0) is 35.3 Å². The predicted octanol–water partition coefficient (Wildman–Crippen LogP) is 3.20. The lowest BCUT2D eigenvalue weighted by Gasteiger charge is -2.13. The summed E-state index contributed by atoms with van der Waals surface area (Å²) in [6, 6.07) is 8.44. The highest BCUT2D eigenvalue weighted by molar-refractivity contribution is 7.98. The van der Waals surface area contributed by atoms with Crippen LogP contribution in [0.15, 0.2) is 29.2 Å². The third kappa shape index (κ3) is 3.56. The molecule has 0 fully saturated rings. The SMILES string of the molecule is CO/[N+](=C\c1ccc(SC)cc1)C(C)(C)C. The van der Waals surface area contributed by atoms with E-state index in [1.165, 1.54) is 4.90 Å². The van der Waals surface area contributed by atoms with Gasteiger partial charge in [0.15, 0.2) is 0 Å². The Labute approximate surface area is 102 Å². The van der Waals surface area contributed by atoms with E-state index >= 15 is 0 Å². The maximum absolute atomic E-state index is 5.35. The van der Waals surface area contributed by atoms with Gasteiger partial charge in [-0.3, -0.25) is 4.84 Å². The third-order valence-electron chi connectivity index (χ3n) is 2.24. The number of rotatable bonds is 3. The Hall–Kier alpha value is -0.960. The van der Waals surface area contributed by atoms with Gasteiger partial charge >= 0.3 is 0 Å². The van der Waals surface area contributed by atoms with Gasteiger partial charge in [0.25, 0.3) is 0 Å². The lowest BCUT2D eigenvalue weighted by Crippen LogP contribution is -2.33. The molecule has 3 heteroatoms. The van der Waals surface area contributed by atoms with Crippen molar-refractivity contribution in [2.45, 2.75) is 31.2 Å². The third-order valence-corrected chi connectivity index (χ3v) is 2.98. The van der Waals surface area contributed by atoms with E-state index in [1.54, 1.807) is 18.9 Å². The lowest BCUT2D eigenvalue weighted by molar-refractivity contribution is -0.821. The van der Waals surface area contributed by atoms with Crippen LogP contribution in [0.25, 0.3) is 0 Å². The molecule has 0 aliphatic rings. The first-order chi connectivity index (χ1) is 7.47. The highest BCUT2D eigenvalue weighted by atomic mass is 32.2. The van der Waals surface area contributed by atoms with Gasteiger partial charge in [-0.2, -0.15) is 0 Å². The van der Waals surface area contributed by atoms with E-state index in [4.69, 9.17) is 4.84 Å². The van der Waals surface area contributed by atoms with Crippen LogP contribution in [0, 0.1) is 0 Å². The van der Waals surface area contributed by atoms with Gasteiger partial charge in [-0.25, -0.2) is 0 Å². The molecule has 0 spiro atoms. The molecule has 1 aromatic carbocycles. The first-order valence-electron chi connectivity index (χ1n) is 5.30. The topological polar surface area (TPSA) is 12.2 Å². The van der Waals surface area contributed by atoms with Crippen LogP contribution in [-0.4, -0.2) is 29.9 Å². The largest absolute Gasteiger partial charge is 0.280 e. The number of nitrogens with zero attached hydrogens (tertiary/aromatic N) is 1. The number of hydroxylamine groups is 1. The number of thioether (sulfide) groups is 1. The number of hydrogen-bond acceptors (Lipinski definition) is 2. The van der Waals surface area contributed by atoms with Crippen molar-refractivity contribution in [2.75, 3.05) is 13.4 Å². The molecule has 0 N–H and O–H groups in total. The maximum atomic E-state index is 5.35. The molecule has 0 unspecified atom stereocenters. The molecular formula is C13H20NOS+. The summed E-state index contributed by atoms with van der Waals surface area (Å²) in [6.07, 6.45) is 4.10. The van der Waals surface area contributed by atoms with Gasteiger partial charge in [0.1, 0.15) is 7.11 Å². The van der Waals surface area contributed by atoms with Crippen LogP contribution in [0.3, 0.4) is 0 Å². The van der Waals surface area contributed by atoms with Crippen LogP contribution >= 0.6 is 11.8 Å². The van der Waals surface area contributed by atoms with Crippen LogP contribution in [-0.2, 0) is 4.84 Å². The normalized spacial score (nSPS) is 12.7. The first-order valence-corrected chi connectivity index (χ1v) is 6.52. The number of hydrogen-bond donors (Lipinski definition) is 0. The summed E-state index contributed by atoms with van der Waals surface area (Å²) in [5.41, 5.74) is 1.11. The van der Waals surface area contributed by atoms with Gasteiger partial charge in [0.05, 0.1) is 0 Å².